The number of hydrogen-bond donors (Lipinski definition) is 1. The first-order valence-corrected chi connectivity index (χ1v) is 10.8. The molecule has 0 aromatic carbocycles. The summed E-state index contributed by atoms with van der Waals surface area (Å²) in [6.45, 7) is 2.58. The summed E-state index contributed by atoms with van der Waals surface area (Å²) < 4.78 is 9.19. The second-order valence-corrected chi connectivity index (χ2v) is 7.99. The summed E-state index contributed by atoms with van der Waals surface area (Å²) in [7, 11) is 1.80. The maximum atomic E-state index is 13.5. The first kappa shape index (κ1) is 19.4. The zero-order valence-electron chi connectivity index (χ0n) is 18.1. The van der Waals surface area contributed by atoms with E-state index in [1.54, 1.807) is 35.2 Å². The van der Waals surface area contributed by atoms with Gasteiger partial charge in [-0.15, -0.1) is 10.2 Å². The van der Waals surface area contributed by atoms with Crippen molar-refractivity contribution in [3.63, 3.8) is 0 Å². The van der Waals surface area contributed by atoms with Crippen molar-refractivity contribution in [1.29, 1.82) is 0 Å². The minimum Gasteiger partial charge on any atom is -0.411 e. The molecule has 0 bridgehead atoms. The molecule has 1 N–H and O–H groups in total. The van der Waals surface area contributed by atoms with E-state index in [2.05, 4.69) is 38.3 Å². The smallest absolute Gasteiger partial charge is 0.312 e. The van der Waals surface area contributed by atoms with Crippen molar-refractivity contribution in [3.8, 4) is 11.6 Å². The van der Waals surface area contributed by atoms with E-state index < -0.39 is 6.04 Å². The summed E-state index contributed by atoms with van der Waals surface area (Å²) in [5, 5.41) is 17.1. The van der Waals surface area contributed by atoms with E-state index in [0.717, 1.165) is 29.0 Å². The summed E-state index contributed by atoms with van der Waals surface area (Å²) in [4.78, 5) is 23.0. The topological polar surface area (TPSA) is 123 Å². The van der Waals surface area contributed by atoms with Gasteiger partial charge in [-0.25, -0.2) is 9.50 Å². The van der Waals surface area contributed by atoms with Crippen LogP contribution in [0.2, 0.25) is 0 Å². The fraction of sp³-hybridized carbons (Fsp3) is 0.273. The normalized spacial score (nSPS) is 15.8. The van der Waals surface area contributed by atoms with Crippen LogP contribution in [-0.4, -0.2) is 56.9 Å². The van der Waals surface area contributed by atoms with Crippen LogP contribution in [0.15, 0.2) is 47.4 Å². The molecule has 1 amide bonds. The Morgan fingerprint density at radius 3 is 2.97 bits per heavy atom. The third kappa shape index (κ3) is 3.12. The highest BCUT2D eigenvalue weighted by Gasteiger charge is 2.38. The fourth-order valence-electron chi connectivity index (χ4n) is 4.39. The first-order chi connectivity index (χ1) is 16.1. The predicted octanol–water partition coefficient (Wildman–Crippen LogP) is 2.19. The van der Waals surface area contributed by atoms with Crippen LogP contribution in [-0.2, 0) is 19.9 Å². The number of aryl methyl sites for hydroxylation is 2. The van der Waals surface area contributed by atoms with Crippen LogP contribution in [0.4, 0.5) is 0 Å². The largest absolute Gasteiger partial charge is 0.411 e. The molecule has 0 saturated heterocycles. The standard InChI is InChI=1S/C22H21N9O2/c1-3-13-5-4-8-31-17(13)11-16(28-31)19-18-14(23-12-24-18)7-10-30(19)22(32)21-26-25-20(33-21)15-6-9-29(2)27-15/h4-6,8-9,11-12,19H,3,7,10H2,1-2H3,(H,23,24)/t19-/m1/s1. The molecule has 5 aromatic heterocycles. The number of aromatic nitrogens is 8. The number of nitrogens with zero attached hydrogens (tertiary/aromatic N) is 8. The third-order valence-corrected chi connectivity index (χ3v) is 6.00. The number of carbonyl (C=O) groups excluding carboxylic acids is 1. The maximum absolute atomic E-state index is 13.5. The van der Waals surface area contributed by atoms with Crippen LogP contribution < -0.4 is 0 Å². The number of H-pyrrole nitrogens is 1. The van der Waals surface area contributed by atoms with Crippen molar-refractivity contribution in [3.05, 3.63) is 71.5 Å². The van der Waals surface area contributed by atoms with Crippen molar-refractivity contribution in [2.45, 2.75) is 25.8 Å². The molecule has 1 atom stereocenters. The number of imidazole rings is 1. The summed E-state index contributed by atoms with van der Waals surface area (Å²) in [5.41, 5.74) is 5.23. The van der Waals surface area contributed by atoms with Gasteiger partial charge in [0, 0.05) is 38.1 Å². The zero-order chi connectivity index (χ0) is 22.5. The molecule has 166 valence electrons. The molecule has 6 rings (SSSR count). The lowest BCUT2D eigenvalue weighted by atomic mass is 9.99. The van der Waals surface area contributed by atoms with Gasteiger partial charge >= 0.3 is 11.8 Å². The number of nitrogens with one attached hydrogen (secondary N) is 1. The van der Waals surface area contributed by atoms with Gasteiger partial charge < -0.3 is 14.3 Å². The SMILES string of the molecule is CCc1cccn2nc([C@@H]3c4nc[nH]c4CCN3C(=O)c3nnc(-c4ccn(C)n4)o3)cc12. The van der Waals surface area contributed by atoms with E-state index in [9.17, 15) is 4.79 Å². The number of hydrogen-bond acceptors (Lipinski definition) is 7. The minimum atomic E-state index is -0.470. The van der Waals surface area contributed by atoms with Gasteiger partial charge in [-0.1, -0.05) is 13.0 Å². The van der Waals surface area contributed by atoms with Gasteiger partial charge in [0.05, 0.1) is 23.2 Å². The molecule has 33 heavy (non-hydrogen) atoms. The molecule has 1 aliphatic heterocycles. The summed E-state index contributed by atoms with van der Waals surface area (Å²) >= 11 is 0. The molecular formula is C22H21N9O2. The van der Waals surface area contributed by atoms with Gasteiger partial charge in [0.1, 0.15) is 11.7 Å². The van der Waals surface area contributed by atoms with Crippen LogP contribution in [0, 0.1) is 0 Å². The maximum Gasteiger partial charge on any atom is 0.312 e. The number of carbonyl (C=O) groups is 1. The van der Waals surface area contributed by atoms with Gasteiger partial charge in [-0.05, 0) is 30.2 Å². The highest BCUT2D eigenvalue weighted by atomic mass is 16.4. The average molecular weight is 443 g/mol. The van der Waals surface area contributed by atoms with Crippen LogP contribution >= 0.6 is 0 Å². The van der Waals surface area contributed by atoms with Gasteiger partial charge in [0.15, 0.2) is 0 Å². The van der Waals surface area contributed by atoms with Crippen molar-refractivity contribution in [2.24, 2.45) is 7.05 Å². The highest BCUT2D eigenvalue weighted by Crippen LogP contribution is 2.34. The Labute approximate surface area is 188 Å². The highest BCUT2D eigenvalue weighted by molar-refractivity contribution is 5.90. The average Bonchev–Trinajstić information content (AvgIpc) is 3.62. The van der Waals surface area contributed by atoms with E-state index in [0.29, 0.717) is 18.7 Å². The summed E-state index contributed by atoms with van der Waals surface area (Å²) in [6.07, 6.45) is 6.87. The Kier molecular flexibility index (Phi) is 4.35. The van der Waals surface area contributed by atoms with Gasteiger partial charge in [-0.2, -0.15) is 10.2 Å². The molecule has 11 heteroatoms. The van der Waals surface area contributed by atoms with Gasteiger partial charge in [0.2, 0.25) is 0 Å². The molecule has 5 aromatic rings. The molecule has 0 fully saturated rings. The predicted molar refractivity (Wildman–Crippen MR) is 116 cm³/mol. The molecule has 6 heterocycles. The zero-order valence-corrected chi connectivity index (χ0v) is 18.1. The van der Waals surface area contributed by atoms with Gasteiger partial charge in [-0.3, -0.25) is 9.48 Å². The Balaban J connectivity index is 1.41. The summed E-state index contributed by atoms with van der Waals surface area (Å²) in [5.74, 6) is -0.248. The minimum absolute atomic E-state index is 0.0855. The molecule has 1 aliphatic rings. The second-order valence-electron chi connectivity index (χ2n) is 7.99. The molecule has 0 spiro atoms. The third-order valence-electron chi connectivity index (χ3n) is 6.00. The fourth-order valence-corrected chi connectivity index (χ4v) is 4.39. The number of pyridine rings is 1. The second kappa shape index (κ2) is 7.40. The van der Waals surface area contributed by atoms with Crippen molar-refractivity contribution < 1.29 is 9.21 Å². The number of aromatic amines is 1. The quantitative estimate of drug-likeness (QED) is 0.452. The molecule has 11 nitrogen and oxygen atoms in total. The van der Waals surface area contributed by atoms with Crippen LogP contribution in [0.3, 0.4) is 0 Å². The van der Waals surface area contributed by atoms with E-state index in [4.69, 9.17) is 9.52 Å². The Bertz CT molecular complexity index is 1470. The van der Waals surface area contributed by atoms with Crippen LogP contribution in [0.25, 0.3) is 17.1 Å². The van der Waals surface area contributed by atoms with Crippen molar-refractivity contribution in [1.82, 2.24) is 44.5 Å². The van der Waals surface area contributed by atoms with Crippen molar-refractivity contribution >= 4 is 11.4 Å². The van der Waals surface area contributed by atoms with Crippen LogP contribution in [0.5, 0.6) is 0 Å². The van der Waals surface area contributed by atoms with E-state index in [1.807, 2.05) is 22.8 Å². The lowest BCUT2D eigenvalue weighted by molar-refractivity contribution is 0.0646. The molecule has 0 unspecified atom stereocenters. The van der Waals surface area contributed by atoms with E-state index >= 15 is 0 Å². The number of rotatable bonds is 4. The molecular weight excluding hydrogens is 422 g/mol. The molecule has 0 aliphatic carbocycles. The summed E-state index contributed by atoms with van der Waals surface area (Å²) in [6, 6.07) is 7.37. The lowest BCUT2D eigenvalue weighted by Crippen LogP contribution is -2.41. The molecule has 0 saturated carbocycles. The Morgan fingerprint density at radius 1 is 1.24 bits per heavy atom. The van der Waals surface area contributed by atoms with Crippen molar-refractivity contribution in [2.75, 3.05) is 6.54 Å². The molecule has 0 radical (unpaired) electrons. The van der Waals surface area contributed by atoms with Crippen LogP contribution in [0.1, 0.15) is 46.3 Å². The lowest BCUT2D eigenvalue weighted by Gasteiger charge is -2.32. The van der Waals surface area contributed by atoms with E-state index in [-0.39, 0.29) is 17.7 Å². The monoisotopic (exact) mass is 443 g/mol. The Morgan fingerprint density at radius 2 is 2.15 bits per heavy atom. The number of amides is 1. The Hall–Kier alpha value is -4.28. The first-order valence-electron chi connectivity index (χ1n) is 10.8. The van der Waals surface area contributed by atoms with Gasteiger partial charge in [0.25, 0.3) is 5.89 Å². The number of fused-ring (bicyclic) bond motifs is 2. The van der Waals surface area contributed by atoms with E-state index in [1.165, 1.54) is 5.56 Å².